The average Bonchev–Trinajstić information content (AvgIpc) is 3.11. The lowest BCUT2D eigenvalue weighted by molar-refractivity contribution is -0.319. The van der Waals surface area contributed by atoms with Crippen LogP contribution in [-0.4, -0.2) is 157 Å². The number of methoxy groups -OCH3 is 2. The minimum absolute atomic E-state index is 0.143. The Labute approximate surface area is 322 Å². The normalized spacial score (nSPS) is 48.3. The molecule has 0 radical (unpaired) electrons. The van der Waals surface area contributed by atoms with E-state index in [-0.39, 0.29) is 31.4 Å². The van der Waals surface area contributed by atoms with Crippen LogP contribution in [0.15, 0.2) is 5.16 Å². The highest BCUT2D eigenvalue weighted by atomic mass is 16.7. The SMILES string of the molecule is CC[C@H]1OC(=O)[C@H](C)[C@@H](O[C@H]2C[C@](C)(OC)[C@@H](O)C(C)O2)[C@H](C)[C@@H](O[C@@H]2OC(C)C[C@@H](N(C)C)C2O)[C@](C)(OC)C[C@@H](C)/C(=N/OC)[C@H](C)[C@@H](O)[C@]1(C)O. The van der Waals surface area contributed by atoms with Crippen LogP contribution in [0.25, 0.3) is 0 Å². The van der Waals surface area contributed by atoms with Gasteiger partial charge in [-0.1, -0.05) is 32.9 Å². The van der Waals surface area contributed by atoms with Crippen LogP contribution in [0.3, 0.4) is 0 Å². The van der Waals surface area contributed by atoms with E-state index in [1.54, 1.807) is 41.7 Å². The highest BCUT2D eigenvalue weighted by Gasteiger charge is 2.54. The zero-order valence-corrected chi connectivity index (χ0v) is 35.3. The molecule has 0 saturated carbocycles. The van der Waals surface area contributed by atoms with E-state index in [4.69, 9.17) is 38.0 Å². The number of rotatable bonds is 9. The molecular formula is C39H72N2O13. The highest BCUT2D eigenvalue weighted by molar-refractivity contribution is 5.88. The fourth-order valence-electron chi connectivity index (χ4n) is 8.87. The van der Waals surface area contributed by atoms with Crippen LogP contribution in [0.2, 0.25) is 0 Å². The lowest BCUT2D eigenvalue weighted by Crippen LogP contribution is -2.61. The quantitative estimate of drug-likeness (QED) is 0.198. The minimum atomic E-state index is -1.88. The molecule has 54 heavy (non-hydrogen) atoms. The van der Waals surface area contributed by atoms with Crippen LogP contribution >= 0.6 is 0 Å². The fraction of sp³-hybridized carbons (Fsp3) is 0.949. The van der Waals surface area contributed by atoms with E-state index >= 15 is 0 Å². The molecule has 0 spiro atoms. The lowest BCUT2D eigenvalue weighted by Gasteiger charge is -2.50. The molecule has 4 N–H and O–H groups in total. The molecule has 0 aromatic heterocycles. The van der Waals surface area contributed by atoms with Crippen molar-refractivity contribution in [2.24, 2.45) is 28.8 Å². The van der Waals surface area contributed by atoms with Crippen LogP contribution in [0.1, 0.15) is 94.9 Å². The van der Waals surface area contributed by atoms with Gasteiger partial charge >= 0.3 is 5.97 Å². The first kappa shape index (κ1) is 46.9. The zero-order chi connectivity index (χ0) is 41.1. The Hall–Kier alpha value is -1.50. The van der Waals surface area contributed by atoms with Crippen LogP contribution in [-0.2, 0) is 42.8 Å². The fourth-order valence-corrected chi connectivity index (χ4v) is 8.87. The molecule has 0 aromatic rings. The lowest BCUT2D eigenvalue weighted by atomic mass is 9.73. The molecule has 3 aliphatic rings. The van der Waals surface area contributed by atoms with Crippen molar-refractivity contribution in [2.75, 3.05) is 35.4 Å². The number of aliphatic hydroxyl groups excluding tert-OH is 3. The number of oxime groups is 1. The molecule has 15 heteroatoms. The van der Waals surface area contributed by atoms with Crippen LogP contribution in [0, 0.1) is 23.7 Å². The maximum absolute atomic E-state index is 14.3. The first-order valence-corrected chi connectivity index (χ1v) is 19.5. The number of hydrogen-bond donors (Lipinski definition) is 4. The van der Waals surface area contributed by atoms with Gasteiger partial charge in [0.25, 0.3) is 0 Å². The molecule has 18 atom stereocenters. The van der Waals surface area contributed by atoms with E-state index in [1.807, 2.05) is 46.7 Å². The molecule has 3 saturated heterocycles. The molecule has 316 valence electrons. The Morgan fingerprint density at radius 2 is 1.48 bits per heavy atom. The van der Waals surface area contributed by atoms with E-state index in [0.717, 1.165) is 0 Å². The van der Waals surface area contributed by atoms with Gasteiger partial charge in [0.05, 0.1) is 53.4 Å². The number of esters is 1. The Kier molecular flexibility index (Phi) is 16.4. The summed E-state index contributed by atoms with van der Waals surface area (Å²) < 4.78 is 44.4. The molecule has 3 heterocycles. The molecule has 3 aliphatic heterocycles. The first-order valence-electron chi connectivity index (χ1n) is 19.5. The topological polar surface area (TPSA) is 187 Å². The Morgan fingerprint density at radius 1 is 0.870 bits per heavy atom. The van der Waals surface area contributed by atoms with Gasteiger partial charge in [0, 0.05) is 44.4 Å². The number of cyclic esters (lactones) is 1. The summed E-state index contributed by atoms with van der Waals surface area (Å²) in [7, 11) is 8.29. The monoisotopic (exact) mass is 777 g/mol. The van der Waals surface area contributed by atoms with E-state index in [9.17, 15) is 25.2 Å². The van der Waals surface area contributed by atoms with Crippen molar-refractivity contribution < 1.29 is 63.2 Å². The van der Waals surface area contributed by atoms with Gasteiger partial charge in [-0.05, 0) is 74.9 Å². The van der Waals surface area contributed by atoms with Gasteiger partial charge in [0.15, 0.2) is 12.6 Å². The van der Waals surface area contributed by atoms with Crippen molar-refractivity contribution in [3.8, 4) is 0 Å². The van der Waals surface area contributed by atoms with Crippen molar-refractivity contribution in [1.29, 1.82) is 0 Å². The second-order valence-corrected chi connectivity index (χ2v) is 16.9. The Morgan fingerprint density at radius 3 is 2.02 bits per heavy atom. The number of carbonyl (C=O) groups is 1. The predicted octanol–water partition coefficient (Wildman–Crippen LogP) is 2.87. The smallest absolute Gasteiger partial charge is 0.311 e. The average molecular weight is 777 g/mol. The van der Waals surface area contributed by atoms with E-state index in [0.29, 0.717) is 12.1 Å². The van der Waals surface area contributed by atoms with E-state index in [2.05, 4.69) is 5.16 Å². The number of carbonyl (C=O) groups excluding carboxylic acids is 1. The van der Waals surface area contributed by atoms with E-state index < -0.39 is 102 Å². The van der Waals surface area contributed by atoms with Crippen molar-refractivity contribution >= 4 is 11.7 Å². The summed E-state index contributed by atoms with van der Waals surface area (Å²) in [6, 6.07) is -0.266. The van der Waals surface area contributed by atoms with Crippen molar-refractivity contribution in [3.05, 3.63) is 0 Å². The maximum atomic E-state index is 14.3. The number of aliphatic hydroxyl groups is 4. The third-order valence-electron chi connectivity index (χ3n) is 12.5. The number of nitrogens with zero attached hydrogens (tertiary/aromatic N) is 2. The summed E-state index contributed by atoms with van der Waals surface area (Å²) in [6.45, 7) is 17.8. The molecule has 3 unspecified atom stereocenters. The largest absolute Gasteiger partial charge is 0.459 e. The minimum Gasteiger partial charge on any atom is -0.459 e. The molecule has 0 aliphatic carbocycles. The third kappa shape index (κ3) is 9.95. The van der Waals surface area contributed by atoms with Crippen LogP contribution in [0.5, 0.6) is 0 Å². The summed E-state index contributed by atoms with van der Waals surface area (Å²) in [5.74, 6) is -3.49. The highest BCUT2D eigenvalue weighted by Crippen LogP contribution is 2.42. The molecule has 0 amide bonds. The van der Waals surface area contributed by atoms with Gasteiger partial charge in [0.1, 0.15) is 31.0 Å². The second-order valence-electron chi connectivity index (χ2n) is 16.9. The van der Waals surface area contributed by atoms with Gasteiger partial charge in [-0.25, -0.2) is 0 Å². The summed E-state index contributed by atoms with van der Waals surface area (Å²) >= 11 is 0. The molecular weight excluding hydrogens is 704 g/mol. The standard InChI is InChI=1S/C39H72N2O13/c1-16-27-39(10,46)32(43)22(4)29(40-49-15)20(2)18-38(9,48-14)34(54-36-30(42)26(41(11)12)17-21(3)50-36)23(5)31(24(6)35(45)52-27)53-28-19-37(8,47-13)33(44)25(7)51-28/h20-28,30-34,36,42-44,46H,16-19H2,1-15H3/b40-29-/t20-,21?,22+,23+,24-,25?,26-,27-,28+,30?,31+,32-,33+,34-,36+,37+,38-,39-/m1/s1. The molecule has 0 aromatic carbocycles. The molecule has 15 nitrogen and oxygen atoms in total. The van der Waals surface area contributed by atoms with Gasteiger partial charge in [-0.3, -0.25) is 4.79 Å². The third-order valence-corrected chi connectivity index (χ3v) is 12.5. The van der Waals surface area contributed by atoms with Gasteiger partial charge < -0.3 is 63.3 Å². The molecule has 3 rings (SSSR count). The van der Waals surface area contributed by atoms with Gasteiger partial charge in [0.2, 0.25) is 0 Å². The first-order chi connectivity index (χ1) is 25.0. The second kappa shape index (κ2) is 18.8. The summed E-state index contributed by atoms with van der Waals surface area (Å²) in [6.07, 6.45) is -8.10. The number of ether oxygens (including phenoxy) is 7. The number of likely N-dealkylation sites (N-methyl/N-ethyl adjacent to an activating group) is 1. The van der Waals surface area contributed by atoms with Crippen LogP contribution in [0.4, 0.5) is 0 Å². The summed E-state index contributed by atoms with van der Waals surface area (Å²) in [5, 5.41) is 50.6. The molecule has 0 bridgehead atoms. The predicted molar refractivity (Wildman–Crippen MR) is 200 cm³/mol. The summed E-state index contributed by atoms with van der Waals surface area (Å²) in [4.78, 5) is 21.5. The maximum Gasteiger partial charge on any atom is 0.311 e. The van der Waals surface area contributed by atoms with E-state index in [1.165, 1.54) is 21.1 Å². The Bertz CT molecular complexity index is 1240. The van der Waals surface area contributed by atoms with Crippen molar-refractivity contribution in [3.63, 3.8) is 0 Å². The number of hydrogen-bond acceptors (Lipinski definition) is 15. The van der Waals surface area contributed by atoms with Gasteiger partial charge in [-0.2, -0.15) is 0 Å². The van der Waals surface area contributed by atoms with Crippen molar-refractivity contribution in [1.82, 2.24) is 4.90 Å². The molecule has 3 fully saturated rings. The van der Waals surface area contributed by atoms with Gasteiger partial charge in [-0.15, -0.1) is 0 Å². The Balaban J connectivity index is 2.27. The zero-order valence-electron chi connectivity index (χ0n) is 35.3. The van der Waals surface area contributed by atoms with Crippen LogP contribution < -0.4 is 0 Å². The van der Waals surface area contributed by atoms with Crippen molar-refractivity contribution in [2.45, 2.75) is 179 Å². The summed E-state index contributed by atoms with van der Waals surface area (Å²) in [5.41, 5.74) is -3.61.